The van der Waals surface area contributed by atoms with Crippen LogP contribution >= 0.6 is 0 Å². The Morgan fingerprint density at radius 3 is 2.77 bits per heavy atom. The average Bonchev–Trinajstić information content (AvgIpc) is 2.41. The van der Waals surface area contributed by atoms with Gasteiger partial charge in [0.2, 0.25) is 0 Å². The van der Waals surface area contributed by atoms with Gasteiger partial charge in [-0.15, -0.1) is 0 Å². The normalized spacial score (nSPS) is 16.1. The molecule has 1 aromatic carbocycles. The summed E-state index contributed by atoms with van der Waals surface area (Å²) >= 11 is -1.35. The minimum atomic E-state index is -1.35. The van der Waals surface area contributed by atoms with Gasteiger partial charge in [-0.3, -0.25) is 0 Å². The van der Waals surface area contributed by atoms with E-state index < -0.39 is 19.7 Å². The molecule has 2 heteroatoms. The van der Waals surface area contributed by atoms with E-state index in [9.17, 15) is 3.09 Å². The van der Waals surface area contributed by atoms with E-state index in [2.05, 4.69) is 6.07 Å². The van der Waals surface area contributed by atoms with E-state index in [-0.39, 0.29) is 0 Å². The zero-order valence-electron chi connectivity index (χ0n) is 7.65. The number of hydrogen-bond acceptors (Lipinski definition) is 0. The molecule has 0 N–H and O–H groups in total. The predicted octanol–water partition coefficient (Wildman–Crippen LogP) is 2.55. The fraction of sp³-hybridized carbons (Fsp3) is 0.455. The summed E-state index contributed by atoms with van der Waals surface area (Å²) in [5.41, 5.74) is 2.76. The third-order valence-electron chi connectivity index (χ3n) is 2.75. The first-order valence-electron chi connectivity index (χ1n) is 4.89. The molecule has 0 fully saturated rings. The second-order valence-electron chi connectivity index (χ2n) is 3.60. The number of halogens is 1. The molecule has 1 aliphatic carbocycles. The van der Waals surface area contributed by atoms with Crippen molar-refractivity contribution in [3.8, 4) is 0 Å². The summed E-state index contributed by atoms with van der Waals surface area (Å²) in [6.07, 6.45) is 6.10. The van der Waals surface area contributed by atoms with Gasteiger partial charge in [-0.05, 0) is 0 Å². The summed E-state index contributed by atoms with van der Waals surface area (Å²) in [5, 5.41) is 0. The summed E-state index contributed by atoms with van der Waals surface area (Å²) in [6, 6.07) is 6.17. The van der Waals surface area contributed by atoms with E-state index in [4.69, 9.17) is 0 Å². The van der Waals surface area contributed by atoms with Gasteiger partial charge in [0.05, 0.1) is 0 Å². The van der Waals surface area contributed by atoms with Gasteiger partial charge in [0, 0.05) is 0 Å². The van der Waals surface area contributed by atoms with Crippen molar-refractivity contribution in [2.24, 2.45) is 0 Å². The number of rotatable bonds is 1. The Labute approximate surface area is 88.1 Å². The molecule has 0 radical (unpaired) electrons. The van der Waals surface area contributed by atoms with Crippen LogP contribution in [0.25, 0.3) is 0 Å². The average molecular weight is 212 g/mol. The third kappa shape index (κ3) is 2.03. The Bertz CT molecular complexity index is 296. The molecule has 0 atom stereocenters. The van der Waals surface area contributed by atoms with Crippen molar-refractivity contribution >= 4 is 3.87 Å². The molecule has 0 saturated carbocycles. The molecule has 0 heterocycles. The first-order chi connectivity index (χ1) is 6.42. The van der Waals surface area contributed by atoms with Gasteiger partial charge in [-0.2, -0.15) is 0 Å². The van der Waals surface area contributed by atoms with Crippen molar-refractivity contribution in [3.05, 3.63) is 29.3 Å². The van der Waals surface area contributed by atoms with Crippen molar-refractivity contribution in [2.45, 2.75) is 32.1 Å². The summed E-state index contributed by atoms with van der Waals surface area (Å²) < 4.78 is 13.8. The van der Waals surface area contributed by atoms with E-state index in [1.807, 2.05) is 12.1 Å². The van der Waals surface area contributed by atoms with E-state index >= 15 is 0 Å². The standard InChI is InChI=1S/C11H13.FH.Ti/c1-2-6-10-8-4-5-9-11(10)7-3-1;;/h4-5,8H,1-3,6-7H2;1H;/q;;+1/p-1. The van der Waals surface area contributed by atoms with Crippen LogP contribution in [0, 0.1) is 0 Å². The summed E-state index contributed by atoms with van der Waals surface area (Å²) in [5.74, 6) is 0. The second-order valence-corrected chi connectivity index (χ2v) is 4.73. The second kappa shape index (κ2) is 4.39. The van der Waals surface area contributed by atoms with Crippen LogP contribution in [0.15, 0.2) is 18.2 Å². The van der Waals surface area contributed by atoms with Gasteiger partial charge in [-0.25, -0.2) is 0 Å². The zero-order chi connectivity index (χ0) is 9.10. The van der Waals surface area contributed by atoms with Gasteiger partial charge in [-0.1, -0.05) is 0 Å². The molecule has 1 aromatic rings. The molecule has 68 valence electrons. The van der Waals surface area contributed by atoms with Crippen LogP contribution in [0.2, 0.25) is 0 Å². The van der Waals surface area contributed by atoms with Crippen LogP contribution in [0.1, 0.15) is 30.4 Å². The third-order valence-corrected chi connectivity index (χ3v) is 3.80. The monoisotopic (exact) mass is 212 g/mol. The van der Waals surface area contributed by atoms with Crippen molar-refractivity contribution in [1.29, 1.82) is 0 Å². The maximum atomic E-state index is 12.8. The first kappa shape index (κ1) is 9.42. The summed E-state index contributed by atoms with van der Waals surface area (Å²) in [7, 11) is 0. The van der Waals surface area contributed by atoms with Crippen molar-refractivity contribution in [2.75, 3.05) is 0 Å². The molecule has 2 rings (SSSR count). The number of benzene rings is 1. The number of hydrogen-bond donors (Lipinski definition) is 0. The van der Waals surface area contributed by atoms with Crippen LogP contribution in [0.3, 0.4) is 0 Å². The quantitative estimate of drug-likeness (QED) is 0.495. The van der Waals surface area contributed by atoms with Crippen LogP contribution in [0.4, 0.5) is 3.09 Å². The van der Waals surface area contributed by atoms with Crippen molar-refractivity contribution in [3.63, 3.8) is 0 Å². The topological polar surface area (TPSA) is 0 Å². The first-order valence-corrected chi connectivity index (χ1v) is 6.26. The molecule has 13 heavy (non-hydrogen) atoms. The Morgan fingerprint density at radius 2 is 1.92 bits per heavy atom. The molecule has 1 aliphatic rings. The Hall–Kier alpha value is -0.136. The fourth-order valence-electron chi connectivity index (χ4n) is 2.05. The molecule has 0 aromatic heterocycles. The van der Waals surface area contributed by atoms with Gasteiger partial charge in [0.25, 0.3) is 0 Å². The van der Waals surface area contributed by atoms with E-state index in [0.29, 0.717) is 0 Å². The van der Waals surface area contributed by atoms with Crippen LogP contribution in [-0.4, -0.2) is 0 Å². The summed E-state index contributed by atoms with van der Waals surface area (Å²) in [4.78, 5) is 0. The predicted molar refractivity (Wildman–Crippen MR) is 48.4 cm³/mol. The summed E-state index contributed by atoms with van der Waals surface area (Å²) in [6.45, 7) is 0. The van der Waals surface area contributed by atoms with Crippen LogP contribution in [0.5, 0.6) is 0 Å². The zero-order valence-corrected chi connectivity index (χ0v) is 9.21. The van der Waals surface area contributed by atoms with Crippen LogP contribution < -0.4 is 3.87 Å². The van der Waals surface area contributed by atoms with Crippen LogP contribution in [-0.2, 0) is 32.5 Å². The molecule has 0 amide bonds. The molecule has 0 saturated heterocycles. The molecule has 0 nitrogen and oxygen atoms in total. The Morgan fingerprint density at radius 1 is 1.08 bits per heavy atom. The van der Waals surface area contributed by atoms with E-state index in [0.717, 1.165) is 16.7 Å². The van der Waals surface area contributed by atoms with Gasteiger partial charge in [0.1, 0.15) is 0 Å². The van der Waals surface area contributed by atoms with Crippen molar-refractivity contribution < 1.29 is 22.8 Å². The Balaban J connectivity index is 2.40. The van der Waals surface area contributed by atoms with E-state index in [1.165, 1.54) is 30.4 Å². The molecule has 0 spiro atoms. The molecular weight excluding hydrogens is 199 g/mol. The molecule has 0 aliphatic heterocycles. The maximum absolute atomic E-state index is 12.8. The number of fused-ring (bicyclic) bond motifs is 1. The Kier molecular flexibility index (Phi) is 3.18. The minimum absolute atomic E-state index is 1.04. The fourth-order valence-corrected chi connectivity index (χ4v) is 2.92. The molecule has 0 unspecified atom stereocenters. The molecular formula is C11H13FTi. The SMILES string of the molecule is [F][Ti][c]1cccc2c1CCCCC2. The molecule has 0 bridgehead atoms. The van der Waals surface area contributed by atoms with Gasteiger partial charge in [0.15, 0.2) is 0 Å². The van der Waals surface area contributed by atoms with Gasteiger partial charge < -0.3 is 0 Å². The number of aryl methyl sites for hydroxylation is 1. The van der Waals surface area contributed by atoms with Gasteiger partial charge >= 0.3 is 88.1 Å². The van der Waals surface area contributed by atoms with Crippen molar-refractivity contribution in [1.82, 2.24) is 0 Å². The van der Waals surface area contributed by atoms with E-state index in [1.54, 1.807) is 0 Å².